The summed E-state index contributed by atoms with van der Waals surface area (Å²) in [5.74, 6) is -0.321. The van der Waals surface area contributed by atoms with Crippen molar-refractivity contribution in [3.8, 4) is 0 Å². The molecule has 23 heavy (non-hydrogen) atoms. The van der Waals surface area contributed by atoms with Gasteiger partial charge in [0.15, 0.2) is 0 Å². The van der Waals surface area contributed by atoms with Gasteiger partial charge in [0.25, 0.3) is 0 Å². The number of carbonyl (C=O) groups excluding carboxylic acids is 2. The summed E-state index contributed by atoms with van der Waals surface area (Å²) in [5, 5.41) is 2.86. The predicted octanol–water partition coefficient (Wildman–Crippen LogP) is 2.97. The Balaban J connectivity index is 2.06. The molecule has 0 heterocycles. The van der Waals surface area contributed by atoms with Gasteiger partial charge in [-0.1, -0.05) is 42.5 Å². The maximum atomic E-state index is 12.2. The summed E-state index contributed by atoms with van der Waals surface area (Å²) in [4.78, 5) is 25.7. The van der Waals surface area contributed by atoms with Crippen molar-refractivity contribution < 1.29 is 9.59 Å². The molecule has 2 amide bonds. The molecule has 0 radical (unpaired) electrons. The van der Waals surface area contributed by atoms with Crippen LogP contribution in [0, 0.1) is 13.8 Å². The monoisotopic (exact) mass is 310 g/mol. The van der Waals surface area contributed by atoms with Crippen LogP contribution in [0.2, 0.25) is 0 Å². The Labute approximate surface area is 137 Å². The topological polar surface area (TPSA) is 49.4 Å². The van der Waals surface area contributed by atoms with Gasteiger partial charge in [0, 0.05) is 19.2 Å². The van der Waals surface area contributed by atoms with Crippen molar-refractivity contribution in [2.75, 3.05) is 11.4 Å². The Morgan fingerprint density at radius 1 is 1.04 bits per heavy atom. The Morgan fingerprint density at radius 3 is 2.39 bits per heavy atom. The normalized spacial score (nSPS) is 10.2. The molecule has 0 aliphatic heterocycles. The van der Waals surface area contributed by atoms with Crippen LogP contribution in [0.25, 0.3) is 0 Å². The molecule has 0 saturated heterocycles. The lowest BCUT2D eigenvalue weighted by atomic mass is 10.1. The average Bonchev–Trinajstić information content (AvgIpc) is 2.54. The first-order valence-electron chi connectivity index (χ1n) is 7.63. The van der Waals surface area contributed by atoms with Crippen LogP contribution < -0.4 is 10.2 Å². The molecule has 1 N–H and O–H groups in total. The zero-order chi connectivity index (χ0) is 16.8. The molecule has 0 fully saturated rings. The lowest BCUT2D eigenvalue weighted by Gasteiger charge is -2.23. The number of nitrogens with zero attached hydrogens (tertiary/aromatic N) is 1. The van der Waals surface area contributed by atoms with Gasteiger partial charge >= 0.3 is 0 Å². The Hall–Kier alpha value is -2.62. The van der Waals surface area contributed by atoms with Gasteiger partial charge in [-0.15, -0.1) is 0 Å². The molecule has 2 aromatic rings. The molecule has 0 aromatic heterocycles. The van der Waals surface area contributed by atoms with Gasteiger partial charge in [-0.2, -0.15) is 0 Å². The van der Waals surface area contributed by atoms with E-state index in [2.05, 4.69) is 5.32 Å². The zero-order valence-corrected chi connectivity index (χ0v) is 13.8. The second-order valence-corrected chi connectivity index (χ2v) is 5.66. The summed E-state index contributed by atoms with van der Waals surface area (Å²) in [6.07, 6.45) is 0. The van der Waals surface area contributed by atoms with Crippen molar-refractivity contribution in [1.29, 1.82) is 0 Å². The van der Waals surface area contributed by atoms with Crippen LogP contribution >= 0.6 is 0 Å². The largest absolute Gasteiger partial charge is 0.350 e. The van der Waals surface area contributed by atoms with Crippen LogP contribution in [0.5, 0.6) is 0 Å². The Morgan fingerprint density at radius 2 is 1.74 bits per heavy atom. The molecule has 0 unspecified atom stereocenters. The molecule has 4 heteroatoms. The third-order valence-corrected chi connectivity index (χ3v) is 3.67. The van der Waals surface area contributed by atoms with Crippen molar-refractivity contribution >= 4 is 17.5 Å². The van der Waals surface area contributed by atoms with Crippen LogP contribution in [-0.2, 0) is 16.1 Å². The van der Waals surface area contributed by atoms with Crippen LogP contribution in [-0.4, -0.2) is 18.4 Å². The quantitative estimate of drug-likeness (QED) is 0.923. The molecule has 4 nitrogen and oxygen atoms in total. The molecule has 2 aromatic carbocycles. The number of benzene rings is 2. The van der Waals surface area contributed by atoms with Crippen molar-refractivity contribution in [2.45, 2.75) is 27.3 Å². The fourth-order valence-corrected chi connectivity index (χ4v) is 2.37. The summed E-state index contributed by atoms with van der Waals surface area (Å²) < 4.78 is 0. The standard InChI is InChI=1S/C19H22N2O2/c1-14-9-10-15(2)18(11-14)21(16(3)22)13-19(23)20-12-17-7-5-4-6-8-17/h4-11H,12-13H2,1-3H3,(H,20,23). The van der Waals surface area contributed by atoms with Gasteiger partial charge in [-0.05, 0) is 36.6 Å². The van der Waals surface area contributed by atoms with E-state index < -0.39 is 0 Å². The van der Waals surface area contributed by atoms with Crippen LogP contribution in [0.15, 0.2) is 48.5 Å². The number of nitrogens with one attached hydrogen (secondary N) is 1. The average molecular weight is 310 g/mol. The smallest absolute Gasteiger partial charge is 0.240 e. The van der Waals surface area contributed by atoms with Gasteiger partial charge in [-0.3, -0.25) is 9.59 Å². The Kier molecular flexibility index (Phi) is 5.52. The van der Waals surface area contributed by atoms with Crippen molar-refractivity contribution in [3.05, 3.63) is 65.2 Å². The van der Waals surface area contributed by atoms with E-state index in [4.69, 9.17) is 0 Å². The lowest BCUT2D eigenvalue weighted by Crippen LogP contribution is -2.40. The first-order chi connectivity index (χ1) is 11.0. The summed E-state index contributed by atoms with van der Waals surface area (Å²) >= 11 is 0. The molecule has 2 rings (SSSR count). The molecule has 0 bridgehead atoms. The predicted molar refractivity (Wildman–Crippen MR) is 92.2 cm³/mol. The lowest BCUT2D eigenvalue weighted by molar-refractivity contribution is -0.123. The number of anilines is 1. The van der Waals surface area contributed by atoms with E-state index in [1.165, 1.54) is 11.8 Å². The molecule has 0 atom stereocenters. The third-order valence-electron chi connectivity index (χ3n) is 3.67. The fourth-order valence-electron chi connectivity index (χ4n) is 2.37. The van der Waals surface area contributed by atoms with Crippen LogP contribution in [0.4, 0.5) is 5.69 Å². The molecular formula is C19H22N2O2. The number of hydrogen-bond acceptors (Lipinski definition) is 2. The zero-order valence-electron chi connectivity index (χ0n) is 13.8. The van der Waals surface area contributed by atoms with Crippen molar-refractivity contribution in [1.82, 2.24) is 5.32 Å². The number of carbonyl (C=O) groups is 2. The number of amides is 2. The summed E-state index contributed by atoms with van der Waals surface area (Å²) in [6, 6.07) is 15.6. The van der Waals surface area contributed by atoms with Gasteiger partial charge in [0.1, 0.15) is 6.54 Å². The second kappa shape index (κ2) is 7.58. The summed E-state index contributed by atoms with van der Waals surface area (Å²) in [5.41, 5.74) is 3.84. The van der Waals surface area contributed by atoms with Gasteiger partial charge in [0.05, 0.1) is 0 Å². The molecule has 0 aliphatic rings. The number of hydrogen-bond donors (Lipinski definition) is 1. The molecule has 0 spiro atoms. The van der Waals surface area contributed by atoms with E-state index in [0.29, 0.717) is 6.54 Å². The maximum Gasteiger partial charge on any atom is 0.240 e. The van der Waals surface area contributed by atoms with E-state index in [1.807, 2.05) is 62.4 Å². The first-order valence-corrected chi connectivity index (χ1v) is 7.63. The number of aryl methyl sites for hydroxylation is 2. The van der Waals surface area contributed by atoms with E-state index in [-0.39, 0.29) is 18.4 Å². The van der Waals surface area contributed by atoms with E-state index in [1.54, 1.807) is 0 Å². The minimum Gasteiger partial charge on any atom is -0.350 e. The third kappa shape index (κ3) is 4.68. The van der Waals surface area contributed by atoms with Crippen LogP contribution in [0.3, 0.4) is 0 Å². The van der Waals surface area contributed by atoms with Gasteiger partial charge < -0.3 is 10.2 Å². The summed E-state index contributed by atoms with van der Waals surface area (Å²) in [7, 11) is 0. The Bertz CT molecular complexity index is 696. The van der Waals surface area contributed by atoms with Crippen molar-refractivity contribution in [3.63, 3.8) is 0 Å². The molecule has 120 valence electrons. The highest BCUT2D eigenvalue weighted by molar-refractivity contribution is 5.98. The van der Waals surface area contributed by atoms with Crippen LogP contribution in [0.1, 0.15) is 23.6 Å². The van der Waals surface area contributed by atoms with E-state index in [0.717, 1.165) is 22.4 Å². The van der Waals surface area contributed by atoms with E-state index in [9.17, 15) is 9.59 Å². The van der Waals surface area contributed by atoms with E-state index >= 15 is 0 Å². The highest BCUT2D eigenvalue weighted by Gasteiger charge is 2.17. The molecule has 0 aliphatic carbocycles. The summed E-state index contributed by atoms with van der Waals surface area (Å²) in [6.45, 7) is 5.86. The first kappa shape index (κ1) is 16.7. The molecular weight excluding hydrogens is 288 g/mol. The maximum absolute atomic E-state index is 12.2. The minimum atomic E-state index is -0.176. The SMILES string of the molecule is CC(=O)N(CC(=O)NCc1ccccc1)c1cc(C)ccc1C. The van der Waals surface area contributed by atoms with Crippen molar-refractivity contribution in [2.24, 2.45) is 0 Å². The fraction of sp³-hybridized carbons (Fsp3) is 0.263. The van der Waals surface area contributed by atoms with Gasteiger partial charge in [-0.25, -0.2) is 0 Å². The highest BCUT2D eigenvalue weighted by Crippen LogP contribution is 2.21. The minimum absolute atomic E-state index is 0.0203. The highest BCUT2D eigenvalue weighted by atomic mass is 16.2. The van der Waals surface area contributed by atoms with Gasteiger partial charge in [0.2, 0.25) is 11.8 Å². The molecule has 0 saturated carbocycles. The second-order valence-electron chi connectivity index (χ2n) is 5.66. The number of rotatable bonds is 5.